The molecule has 0 amide bonds. The minimum absolute atomic E-state index is 0.0158. The van der Waals surface area contributed by atoms with Gasteiger partial charge in [-0.05, 0) is 25.1 Å². The topological polar surface area (TPSA) is 90.5 Å². The van der Waals surface area contributed by atoms with Crippen LogP contribution < -0.4 is 15.2 Å². The Labute approximate surface area is 148 Å². The summed E-state index contributed by atoms with van der Waals surface area (Å²) in [4.78, 5) is 11.6. The third-order valence-electron chi connectivity index (χ3n) is 3.68. The van der Waals surface area contributed by atoms with Gasteiger partial charge in [0, 0.05) is 12.6 Å². The smallest absolute Gasteiger partial charge is 0.419 e. The van der Waals surface area contributed by atoms with Gasteiger partial charge < -0.3 is 9.15 Å². The van der Waals surface area contributed by atoms with E-state index in [1.807, 2.05) is 0 Å². The average Bonchev–Trinajstić information content (AvgIpc) is 2.88. The number of sulfonamides is 1. The highest BCUT2D eigenvalue weighted by Crippen LogP contribution is 2.31. The summed E-state index contributed by atoms with van der Waals surface area (Å²) >= 11 is 6.16. The fraction of sp³-hybridized carbons (Fsp3) is 0.188. The number of nitrogens with one attached hydrogen (secondary N) is 1. The molecule has 0 bridgehead atoms. The van der Waals surface area contributed by atoms with E-state index in [0.29, 0.717) is 17.8 Å². The van der Waals surface area contributed by atoms with E-state index in [2.05, 4.69) is 4.72 Å². The highest BCUT2D eigenvalue weighted by molar-refractivity contribution is 7.92. The molecule has 1 aromatic heterocycles. The van der Waals surface area contributed by atoms with Gasteiger partial charge in [-0.2, -0.15) is 0 Å². The molecular formula is C16H15ClN2O5S. The van der Waals surface area contributed by atoms with Crippen LogP contribution in [-0.2, 0) is 16.6 Å². The number of halogens is 1. The number of rotatable bonds is 5. The molecule has 9 heteroatoms. The summed E-state index contributed by atoms with van der Waals surface area (Å²) in [7, 11) is -2.57. The van der Waals surface area contributed by atoms with E-state index >= 15 is 0 Å². The van der Waals surface area contributed by atoms with Crippen molar-refractivity contribution in [2.75, 3.05) is 11.8 Å². The molecule has 25 heavy (non-hydrogen) atoms. The number of anilines is 1. The SMILES string of the molecule is CCn1c(=O)oc2cc(S(=O)(=O)Nc3ccccc3OC)c(Cl)cc21. The summed E-state index contributed by atoms with van der Waals surface area (Å²) in [6.45, 7) is 2.16. The van der Waals surface area contributed by atoms with Crippen molar-refractivity contribution in [1.82, 2.24) is 4.57 Å². The molecule has 0 fully saturated rings. The van der Waals surface area contributed by atoms with Crippen molar-refractivity contribution in [3.8, 4) is 5.75 Å². The first-order chi connectivity index (χ1) is 11.9. The number of benzene rings is 2. The second kappa shape index (κ2) is 6.45. The summed E-state index contributed by atoms with van der Waals surface area (Å²) in [6.07, 6.45) is 0. The Hall–Kier alpha value is -2.45. The molecular weight excluding hydrogens is 368 g/mol. The molecule has 3 aromatic rings. The summed E-state index contributed by atoms with van der Waals surface area (Å²) in [5.74, 6) is -0.201. The normalized spacial score (nSPS) is 11.6. The lowest BCUT2D eigenvalue weighted by Crippen LogP contribution is -2.14. The Morgan fingerprint density at radius 3 is 2.68 bits per heavy atom. The number of aromatic nitrogens is 1. The van der Waals surface area contributed by atoms with Gasteiger partial charge in [0.15, 0.2) is 5.58 Å². The van der Waals surface area contributed by atoms with Gasteiger partial charge in [-0.25, -0.2) is 13.2 Å². The summed E-state index contributed by atoms with van der Waals surface area (Å²) in [6, 6.07) is 9.23. The standard InChI is InChI=1S/C16H15ClN2O5S/c1-3-19-12-8-10(17)15(9-14(12)24-16(19)20)25(21,22)18-11-6-4-5-7-13(11)23-2/h4-9,18H,3H2,1-2H3. The molecule has 0 radical (unpaired) electrons. The number of oxazole rings is 1. The van der Waals surface area contributed by atoms with Crippen molar-refractivity contribution in [2.45, 2.75) is 18.4 Å². The highest BCUT2D eigenvalue weighted by atomic mass is 35.5. The maximum absolute atomic E-state index is 12.7. The molecule has 7 nitrogen and oxygen atoms in total. The molecule has 0 aliphatic heterocycles. The van der Waals surface area contributed by atoms with Crippen LogP contribution in [0.4, 0.5) is 5.69 Å². The number of hydrogen-bond acceptors (Lipinski definition) is 5. The first-order valence-electron chi connectivity index (χ1n) is 7.36. The molecule has 0 aliphatic rings. The number of hydrogen-bond donors (Lipinski definition) is 1. The van der Waals surface area contributed by atoms with Gasteiger partial charge >= 0.3 is 5.76 Å². The van der Waals surface area contributed by atoms with Crippen LogP contribution in [0.15, 0.2) is 50.5 Å². The van der Waals surface area contributed by atoms with E-state index < -0.39 is 15.8 Å². The third-order valence-corrected chi connectivity index (χ3v) is 5.51. The minimum Gasteiger partial charge on any atom is -0.495 e. The van der Waals surface area contributed by atoms with Gasteiger partial charge in [0.1, 0.15) is 10.6 Å². The lowest BCUT2D eigenvalue weighted by molar-refractivity contribution is 0.417. The molecule has 1 heterocycles. The van der Waals surface area contributed by atoms with Crippen molar-refractivity contribution in [2.24, 2.45) is 0 Å². The zero-order valence-electron chi connectivity index (χ0n) is 13.4. The second-order valence-corrected chi connectivity index (χ2v) is 7.23. The fourth-order valence-electron chi connectivity index (χ4n) is 2.50. The van der Waals surface area contributed by atoms with Gasteiger partial charge in [0.05, 0.1) is 23.3 Å². The van der Waals surface area contributed by atoms with Crippen LogP contribution in [0.3, 0.4) is 0 Å². The molecule has 132 valence electrons. The number of nitrogens with zero attached hydrogens (tertiary/aromatic N) is 1. The van der Waals surface area contributed by atoms with Crippen molar-refractivity contribution < 1.29 is 17.6 Å². The predicted molar refractivity (Wildman–Crippen MR) is 95.0 cm³/mol. The number of para-hydroxylation sites is 2. The molecule has 0 saturated heterocycles. The van der Waals surface area contributed by atoms with E-state index in [9.17, 15) is 13.2 Å². The molecule has 2 aromatic carbocycles. The third kappa shape index (κ3) is 3.10. The van der Waals surface area contributed by atoms with Crippen LogP contribution in [0.2, 0.25) is 5.02 Å². The molecule has 0 atom stereocenters. The highest BCUT2D eigenvalue weighted by Gasteiger charge is 2.22. The number of fused-ring (bicyclic) bond motifs is 1. The van der Waals surface area contributed by atoms with Crippen LogP contribution in [0.5, 0.6) is 5.75 Å². The second-order valence-electron chi connectivity index (χ2n) is 5.17. The van der Waals surface area contributed by atoms with Crippen molar-refractivity contribution in [1.29, 1.82) is 0 Å². The van der Waals surface area contributed by atoms with Crippen LogP contribution >= 0.6 is 11.6 Å². The van der Waals surface area contributed by atoms with E-state index in [4.69, 9.17) is 20.8 Å². The molecule has 1 N–H and O–H groups in total. The summed E-state index contributed by atoms with van der Waals surface area (Å²) in [5, 5.41) is -0.0158. The van der Waals surface area contributed by atoms with E-state index in [-0.39, 0.29) is 21.2 Å². The minimum atomic E-state index is -4.01. The Bertz CT molecular complexity index is 1100. The van der Waals surface area contributed by atoms with E-state index in [0.717, 1.165) is 0 Å². The van der Waals surface area contributed by atoms with E-state index in [1.54, 1.807) is 31.2 Å². The predicted octanol–water partition coefficient (Wildman–Crippen LogP) is 3.08. The number of methoxy groups -OCH3 is 1. The molecule has 0 saturated carbocycles. The van der Waals surface area contributed by atoms with Gasteiger partial charge in [-0.15, -0.1) is 0 Å². The molecule has 0 unspecified atom stereocenters. The average molecular weight is 383 g/mol. The Balaban J connectivity index is 2.11. The van der Waals surface area contributed by atoms with Crippen LogP contribution in [0.1, 0.15) is 6.92 Å². The Morgan fingerprint density at radius 2 is 2.00 bits per heavy atom. The fourth-order valence-corrected chi connectivity index (χ4v) is 4.11. The van der Waals surface area contributed by atoms with Crippen LogP contribution in [-0.4, -0.2) is 20.1 Å². The monoisotopic (exact) mass is 382 g/mol. The van der Waals surface area contributed by atoms with Crippen LogP contribution in [0, 0.1) is 0 Å². The maximum Gasteiger partial charge on any atom is 0.419 e. The zero-order chi connectivity index (χ0) is 18.2. The van der Waals surface area contributed by atoms with Gasteiger partial charge in [-0.3, -0.25) is 9.29 Å². The van der Waals surface area contributed by atoms with E-state index in [1.165, 1.54) is 23.8 Å². The lowest BCUT2D eigenvalue weighted by atomic mass is 10.3. The van der Waals surface area contributed by atoms with Crippen molar-refractivity contribution >= 4 is 38.4 Å². The summed E-state index contributed by atoms with van der Waals surface area (Å²) < 4.78 is 39.5. The molecule has 0 aliphatic carbocycles. The summed E-state index contributed by atoms with van der Waals surface area (Å²) in [5.41, 5.74) is 0.860. The van der Waals surface area contributed by atoms with Crippen LogP contribution in [0.25, 0.3) is 11.1 Å². The zero-order valence-corrected chi connectivity index (χ0v) is 15.0. The molecule has 0 spiro atoms. The first kappa shape index (κ1) is 17.4. The number of aryl methyl sites for hydroxylation is 1. The van der Waals surface area contributed by atoms with Crippen molar-refractivity contribution in [3.63, 3.8) is 0 Å². The number of ether oxygens (including phenoxy) is 1. The quantitative estimate of drug-likeness (QED) is 0.732. The lowest BCUT2D eigenvalue weighted by Gasteiger charge is -2.12. The van der Waals surface area contributed by atoms with Gasteiger partial charge in [-0.1, -0.05) is 23.7 Å². The largest absolute Gasteiger partial charge is 0.495 e. The first-order valence-corrected chi connectivity index (χ1v) is 9.22. The Kier molecular flexibility index (Phi) is 4.49. The Morgan fingerprint density at radius 1 is 1.28 bits per heavy atom. The van der Waals surface area contributed by atoms with Gasteiger partial charge in [0.25, 0.3) is 10.0 Å². The maximum atomic E-state index is 12.7. The molecule has 3 rings (SSSR count). The van der Waals surface area contributed by atoms with Gasteiger partial charge in [0.2, 0.25) is 0 Å². The van der Waals surface area contributed by atoms with Crippen molar-refractivity contribution in [3.05, 3.63) is 52.0 Å².